The molecule has 86 valence electrons. The Hall–Kier alpha value is -1.10. The minimum Gasteiger partial charge on any atom is -0.352 e. The average Bonchev–Trinajstić information content (AvgIpc) is 2.30. The van der Waals surface area contributed by atoms with E-state index in [1.807, 2.05) is 17.0 Å². The van der Waals surface area contributed by atoms with Crippen molar-refractivity contribution >= 4 is 27.7 Å². The summed E-state index contributed by atoms with van der Waals surface area (Å²) in [6.45, 7) is 4.85. The van der Waals surface area contributed by atoms with E-state index in [-0.39, 0.29) is 5.91 Å². The summed E-state index contributed by atoms with van der Waals surface area (Å²) < 4.78 is 1.01. The molecule has 0 radical (unpaired) electrons. The van der Waals surface area contributed by atoms with Crippen molar-refractivity contribution in [2.75, 3.05) is 31.1 Å². The van der Waals surface area contributed by atoms with E-state index in [0.29, 0.717) is 0 Å². The Morgan fingerprint density at radius 1 is 1.38 bits per heavy atom. The van der Waals surface area contributed by atoms with E-state index in [0.717, 1.165) is 36.5 Å². The molecule has 0 spiro atoms. The maximum Gasteiger partial charge on any atom is 0.219 e. The van der Waals surface area contributed by atoms with Crippen LogP contribution in [0.2, 0.25) is 0 Å². The van der Waals surface area contributed by atoms with E-state index in [4.69, 9.17) is 0 Å². The Balaban J connectivity index is 2.05. The van der Waals surface area contributed by atoms with Crippen molar-refractivity contribution in [1.82, 2.24) is 9.88 Å². The Labute approximate surface area is 103 Å². The van der Waals surface area contributed by atoms with Gasteiger partial charge in [0.1, 0.15) is 5.82 Å². The third-order valence-electron chi connectivity index (χ3n) is 2.76. The van der Waals surface area contributed by atoms with E-state index in [1.165, 1.54) is 0 Å². The first-order chi connectivity index (χ1) is 7.68. The van der Waals surface area contributed by atoms with Crippen molar-refractivity contribution in [2.24, 2.45) is 0 Å². The molecule has 1 amide bonds. The molecular formula is C11H14BrN3O. The van der Waals surface area contributed by atoms with Crippen molar-refractivity contribution in [2.45, 2.75) is 6.92 Å². The fraction of sp³-hybridized carbons (Fsp3) is 0.455. The van der Waals surface area contributed by atoms with Crippen LogP contribution >= 0.6 is 15.9 Å². The molecule has 0 saturated carbocycles. The third kappa shape index (κ3) is 2.35. The fourth-order valence-electron chi connectivity index (χ4n) is 1.84. The van der Waals surface area contributed by atoms with Gasteiger partial charge in [0.15, 0.2) is 0 Å². The second kappa shape index (κ2) is 4.82. The van der Waals surface area contributed by atoms with Crippen molar-refractivity contribution < 1.29 is 4.79 Å². The Bertz CT molecular complexity index is 389. The summed E-state index contributed by atoms with van der Waals surface area (Å²) in [5.41, 5.74) is 0. The van der Waals surface area contributed by atoms with Gasteiger partial charge in [-0.25, -0.2) is 4.98 Å². The molecule has 2 heterocycles. The number of carbonyl (C=O) groups excluding carboxylic acids is 1. The smallest absolute Gasteiger partial charge is 0.219 e. The number of aromatic nitrogens is 1. The normalized spacial score (nSPS) is 16.4. The first-order valence-corrected chi connectivity index (χ1v) is 6.09. The first-order valence-electron chi connectivity index (χ1n) is 5.29. The lowest BCUT2D eigenvalue weighted by Crippen LogP contribution is -2.48. The molecule has 0 aromatic carbocycles. The van der Waals surface area contributed by atoms with Crippen molar-refractivity contribution in [1.29, 1.82) is 0 Å². The SMILES string of the molecule is CC(=O)N1CCN(c2ncccc2Br)CC1. The van der Waals surface area contributed by atoms with Gasteiger partial charge in [-0.1, -0.05) is 0 Å². The van der Waals surface area contributed by atoms with Crippen LogP contribution in [-0.4, -0.2) is 42.0 Å². The number of carbonyl (C=O) groups is 1. The molecule has 0 atom stereocenters. The number of pyridine rings is 1. The van der Waals surface area contributed by atoms with Gasteiger partial charge in [0, 0.05) is 39.3 Å². The fourth-order valence-corrected chi connectivity index (χ4v) is 2.35. The van der Waals surface area contributed by atoms with Crippen LogP contribution in [0.15, 0.2) is 22.8 Å². The maximum atomic E-state index is 11.2. The van der Waals surface area contributed by atoms with E-state index >= 15 is 0 Å². The Kier molecular flexibility index (Phi) is 3.43. The van der Waals surface area contributed by atoms with Gasteiger partial charge in [-0.15, -0.1) is 0 Å². The number of anilines is 1. The second-order valence-corrected chi connectivity index (χ2v) is 4.66. The zero-order valence-electron chi connectivity index (χ0n) is 9.19. The van der Waals surface area contributed by atoms with Gasteiger partial charge in [0.25, 0.3) is 0 Å². The van der Waals surface area contributed by atoms with Crippen LogP contribution in [0, 0.1) is 0 Å². The Morgan fingerprint density at radius 2 is 2.06 bits per heavy atom. The molecule has 2 rings (SSSR count). The quantitative estimate of drug-likeness (QED) is 0.784. The van der Waals surface area contributed by atoms with Gasteiger partial charge in [-0.2, -0.15) is 0 Å². The number of nitrogens with zero attached hydrogens (tertiary/aromatic N) is 3. The van der Waals surface area contributed by atoms with Crippen LogP contribution < -0.4 is 4.90 Å². The van der Waals surface area contributed by atoms with Gasteiger partial charge in [-0.3, -0.25) is 4.79 Å². The molecule has 0 aliphatic carbocycles. The molecule has 1 aromatic rings. The van der Waals surface area contributed by atoms with Crippen LogP contribution in [0.25, 0.3) is 0 Å². The minimum atomic E-state index is 0.153. The second-order valence-electron chi connectivity index (χ2n) is 3.80. The highest BCUT2D eigenvalue weighted by atomic mass is 79.9. The predicted molar refractivity (Wildman–Crippen MR) is 66.4 cm³/mol. The number of amides is 1. The highest BCUT2D eigenvalue weighted by Gasteiger charge is 2.20. The molecular weight excluding hydrogens is 270 g/mol. The van der Waals surface area contributed by atoms with Crippen molar-refractivity contribution in [3.05, 3.63) is 22.8 Å². The number of hydrogen-bond donors (Lipinski definition) is 0. The monoisotopic (exact) mass is 283 g/mol. The highest BCUT2D eigenvalue weighted by Crippen LogP contribution is 2.23. The van der Waals surface area contributed by atoms with E-state index in [9.17, 15) is 4.79 Å². The molecule has 4 nitrogen and oxygen atoms in total. The van der Waals surface area contributed by atoms with Gasteiger partial charge >= 0.3 is 0 Å². The van der Waals surface area contributed by atoms with Crippen molar-refractivity contribution in [3.63, 3.8) is 0 Å². The lowest BCUT2D eigenvalue weighted by atomic mass is 10.3. The average molecular weight is 284 g/mol. The van der Waals surface area contributed by atoms with Crippen LogP contribution in [-0.2, 0) is 4.79 Å². The summed E-state index contributed by atoms with van der Waals surface area (Å²) in [7, 11) is 0. The summed E-state index contributed by atoms with van der Waals surface area (Å²) in [5.74, 6) is 1.12. The van der Waals surface area contributed by atoms with Gasteiger partial charge in [0.05, 0.1) is 4.47 Å². The zero-order chi connectivity index (χ0) is 11.5. The molecule has 5 heteroatoms. The molecule has 1 fully saturated rings. The molecule has 1 aliphatic rings. The lowest BCUT2D eigenvalue weighted by Gasteiger charge is -2.35. The van der Waals surface area contributed by atoms with Crippen LogP contribution in [0.3, 0.4) is 0 Å². The number of piperazine rings is 1. The van der Waals surface area contributed by atoms with E-state index in [2.05, 4.69) is 25.8 Å². The number of hydrogen-bond acceptors (Lipinski definition) is 3. The topological polar surface area (TPSA) is 36.4 Å². The van der Waals surface area contributed by atoms with Gasteiger partial charge in [-0.05, 0) is 28.1 Å². The molecule has 1 aromatic heterocycles. The van der Waals surface area contributed by atoms with Crippen LogP contribution in [0.4, 0.5) is 5.82 Å². The first kappa shape index (κ1) is 11.4. The summed E-state index contributed by atoms with van der Waals surface area (Å²) in [6.07, 6.45) is 1.79. The van der Waals surface area contributed by atoms with Gasteiger partial charge in [0.2, 0.25) is 5.91 Å². The molecule has 1 saturated heterocycles. The molecule has 16 heavy (non-hydrogen) atoms. The maximum absolute atomic E-state index is 11.2. The highest BCUT2D eigenvalue weighted by molar-refractivity contribution is 9.10. The summed E-state index contributed by atoms with van der Waals surface area (Å²) in [5, 5.41) is 0. The van der Waals surface area contributed by atoms with Crippen molar-refractivity contribution in [3.8, 4) is 0 Å². The largest absolute Gasteiger partial charge is 0.352 e. The predicted octanol–water partition coefficient (Wildman–Crippen LogP) is 1.51. The number of halogens is 1. The lowest BCUT2D eigenvalue weighted by molar-refractivity contribution is -0.129. The number of rotatable bonds is 1. The standard InChI is InChI=1S/C11H14BrN3O/c1-9(16)14-5-7-15(8-6-14)11-10(12)3-2-4-13-11/h2-4H,5-8H2,1H3. The minimum absolute atomic E-state index is 0.153. The third-order valence-corrected chi connectivity index (χ3v) is 3.38. The molecule has 0 bridgehead atoms. The molecule has 1 aliphatic heterocycles. The summed E-state index contributed by atoms with van der Waals surface area (Å²) >= 11 is 3.49. The van der Waals surface area contributed by atoms with Gasteiger partial charge < -0.3 is 9.80 Å². The van der Waals surface area contributed by atoms with E-state index in [1.54, 1.807) is 13.1 Å². The summed E-state index contributed by atoms with van der Waals surface area (Å²) in [6, 6.07) is 3.89. The molecule has 0 unspecified atom stereocenters. The Morgan fingerprint density at radius 3 is 2.62 bits per heavy atom. The summed E-state index contributed by atoms with van der Waals surface area (Å²) in [4.78, 5) is 19.6. The molecule has 0 N–H and O–H groups in total. The zero-order valence-corrected chi connectivity index (χ0v) is 10.8. The van der Waals surface area contributed by atoms with E-state index < -0.39 is 0 Å². The van der Waals surface area contributed by atoms with Crippen LogP contribution in [0.5, 0.6) is 0 Å². The van der Waals surface area contributed by atoms with Crippen LogP contribution in [0.1, 0.15) is 6.92 Å².